The van der Waals surface area contributed by atoms with Crippen LogP contribution in [0.1, 0.15) is 22.3 Å². The van der Waals surface area contributed by atoms with E-state index in [4.69, 9.17) is 22.4 Å². The third-order valence-electron chi connectivity index (χ3n) is 7.16. The molecule has 0 spiro atoms. The Labute approximate surface area is 276 Å². The maximum Gasteiger partial charge on any atom is 0.221 e. The fourth-order valence-corrected chi connectivity index (χ4v) is 9.63. The Morgan fingerprint density at radius 3 is 1.80 bits per heavy atom. The molecule has 2 aromatic carbocycles. The number of hydrogen-bond acceptors (Lipinski definition) is 7. The van der Waals surface area contributed by atoms with Crippen molar-refractivity contribution in [3.63, 3.8) is 0 Å². The summed E-state index contributed by atoms with van der Waals surface area (Å²) in [4.78, 5) is 1.24. The van der Waals surface area contributed by atoms with Gasteiger partial charge >= 0.3 is 0 Å². The molecular weight excluding hydrogens is 637 g/mol. The Bertz CT molecular complexity index is 1230. The van der Waals surface area contributed by atoms with Gasteiger partial charge in [0.2, 0.25) is 5.79 Å². The molecular formula is C33H58O6SSi4. The predicted octanol–water partition coefficient (Wildman–Crippen LogP) is 8.36. The summed E-state index contributed by atoms with van der Waals surface area (Å²) in [5, 5.41) is 12.9. The minimum Gasteiger partial charge on any atom is -0.415 e. The zero-order valence-electron chi connectivity index (χ0n) is 29.7. The fraction of sp³-hybridized carbons (Fsp3) is 0.636. The summed E-state index contributed by atoms with van der Waals surface area (Å²) in [5.74, 6) is -1.76. The van der Waals surface area contributed by atoms with Crippen LogP contribution in [0, 0.1) is 6.92 Å². The second-order valence-electron chi connectivity index (χ2n) is 16.0. The molecule has 248 valence electrons. The number of rotatable bonds is 13. The van der Waals surface area contributed by atoms with Crippen molar-refractivity contribution < 1.29 is 27.5 Å². The molecule has 1 fully saturated rings. The third kappa shape index (κ3) is 11.0. The van der Waals surface area contributed by atoms with Gasteiger partial charge in [0.05, 0.1) is 6.61 Å². The molecule has 0 saturated carbocycles. The van der Waals surface area contributed by atoms with E-state index in [1.54, 1.807) is 11.8 Å². The average Bonchev–Trinajstić information content (AvgIpc) is 2.86. The molecule has 1 aliphatic rings. The molecule has 0 unspecified atom stereocenters. The van der Waals surface area contributed by atoms with Gasteiger partial charge < -0.3 is 27.5 Å². The average molecular weight is 695 g/mol. The number of aliphatic hydroxyl groups is 1. The van der Waals surface area contributed by atoms with Crippen LogP contribution in [-0.2, 0) is 34.6 Å². The van der Waals surface area contributed by atoms with Crippen LogP contribution in [0.3, 0.4) is 0 Å². The van der Waals surface area contributed by atoms with Crippen LogP contribution in [-0.4, -0.2) is 75.7 Å². The lowest BCUT2D eigenvalue weighted by molar-refractivity contribution is -0.348. The van der Waals surface area contributed by atoms with E-state index in [0.29, 0.717) is 12.2 Å². The van der Waals surface area contributed by atoms with Crippen molar-refractivity contribution in [3.05, 3.63) is 64.7 Å². The maximum atomic E-state index is 12.9. The molecule has 1 saturated heterocycles. The SMILES string of the molecule is CSc1ccc(Cc2cc([C@]3(O)O[C@H](CO[Si](C)(C)C)[C@@H](O[Si](C)(C)C)[C@H](O[Si](C)(C)C)[C@H]3O[Si](C)(C)C)ccc2C)cc1. The molecule has 5 atom stereocenters. The molecule has 1 N–H and O–H groups in total. The lowest BCUT2D eigenvalue weighted by atomic mass is 9.86. The van der Waals surface area contributed by atoms with Crippen molar-refractivity contribution in [1.29, 1.82) is 0 Å². The second kappa shape index (κ2) is 14.3. The van der Waals surface area contributed by atoms with Gasteiger partial charge in [-0.15, -0.1) is 11.8 Å². The molecule has 3 rings (SSSR count). The van der Waals surface area contributed by atoms with Crippen molar-refractivity contribution >= 4 is 45.0 Å². The molecule has 1 aliphatic heterocycles. The van der Waals surface area contributed by atoms with Gasteiger partial charge in [0.1, 0.15) is 24.4 Å². The van der Waals surface area contributed by atoms with Gasteiger partial charge in [-0.2, -0.15) is 0 Å². The van der Waals surface area contributed by atoms with E-state index < -0.39 is 63.5 Å². The quantitative estimate of drug-likeness (QED) is 0.167. The standard InChI is InChI=1S/C33H58O6SSi4/c1-24-15-18-27(22-26(24)21-25-16-19-28(40-2)20-17-25)33(34)32(39-44(12,13)14)31(38-43(9,10)11)30(37-42(6,7)8)29(36-33)23-35-41(3,4)5/h15-20,22,29-32,34H,21,23H2,1-14H3/t29-,30-,31+,32-,33+/m1/s1. The van der Waals surface area contributed by atoms with Gasteiger partial charge in [0.15, 0.2) is 33.3 Å². The van der Waals surface area contributed by atoms with E-state index in [0.717, 1.165) is 12.0 Å². The monoisotopic (exact) mass is 694 g/mol. The van der Waals surface area contributed by atoms with Gasteiger partial charge in [-0.3, -0.25) is 0 Å². The third-order valence-corrected chi connectivity index (χ3v) is 11.9. The van der Waals surface area contributed by atoms with Gasteiger partial charge in [-0.05, 0) is 133 Å². The van der Waals surface area contributed by atoms with Crippen LogP contribution in [0.2, 0.25) is 78.6 Å². The minimum absolute atomic E-state index is 0.318. The smallest absolute Gasteiger partial charge is 0.221 e. The Balaban J connectivity index is 2.19. The highest BCUT2D eigenvalue weighted by atomic mass is 32.2. The van der Waals surface area contributed by atoms with Gasteiger partial charge in [0.25, 0.3) is 0 Å². The molecule has 44 heavy (non-hydrogen) atoms. The summed E-state index contributed by atoms with van der Waals surface area (Å²) >= 11 is 1.74. The summed E-state index contributed by atoms with van der Waals surface area (Å²) in [6.45, 7) is 28.5. The first-order valence-corrected chi connectivity index (χ1v) is 30.7. The normalized spacial score (nSPS) is 25.3. The maximum absolute atomic E-state index is 12.9. The van der Waals surface area contributed by atoms with Crippen molar-refractivity contribution in [2.24, 2.45) is 0 Å². The Morgan fingerprint density at radius 2 is 1.30 bits per heavy atom. The summed E-state index contributed by atoms with van der Waals surface area (Å²) in [7, 11) is -8.34. The fourth-order valence-electron chi connectivity index (χ4n) is 5.33. The number of ether oxygens (including phenoxy) is 1. The lowest BCUT2D eigenvalue weighted by Crippen LogP contribution is -2.69. The number of thioether (sulfide) groups is 1. The first kappa shape index (κ1) is 37.9. The first-order valence-electron chi connectivity index (χ1n) is 15.8. The van der Waals surface area contributed by atoms with Crippen molar-refractivity contribution in [2.45, 2.75) is 127 Å². The highest BCUT2D eigenvalue weighted by Gasteiger charge is 2.59. The van der Waals surface area contributed by atoms with Crippen molar-refractivity contribution in [3.8, 4) is 0 Å². The van der Waals surface area contributed by atoms with Gasteiger partial charge in [-0.1, -0.05) is 24.3 Å². The second-order valence-corrected chi connectivity index (χ2v) is 34.8. The van der Waals surface area contributed by atoms with Gasteiger partial charge in [-0.25, -0.2) is 0 Å². The van der Waals surface area contributed by atoms with Crippen LogP contribution in [0.25, 0.3) is 0 Å². The van der Waals surface area contributed by atoms with Crippen LogP contribution in [0.5, 0.6) is 0 Å². The van der Waals surface area contributed by atoms with E-state index in [9.17, 15) is 5.11 Å². The van der Waals surface area contributed by atoms with E-state index in [-0.39, 0.29) is 0 Å². The Kier molecular flexibility index (Phi) is 12.3. The lowest BCUT2D eigenvalue weighted by Gasteiger charge is -2.54. The van der Waals surface area contributed by atoms with Crippen molar-refractivity contribution in [1.82, 2.24) is 0 Å². The van der Waals surface area contributed by atoms with Gasteiger partial charge in [0, 0.05) is 10.5 Å². The van der Waals surface area contributed by atoms with E-state index in [1.165, 1.54) is 16.0 Å². The van der Waals surface area contributed by atoms with Crippen LogP contribution in [0.4, 0.5) is 0 Å². The van der Waals surface area contributed by atoms with E-state index >= 15 is 0 Å². The van der Waals surface area contributed by atoms with Crippen LogP contribution < -0.4 is 0 Å². The van der Waals surface area contributed by atoms with Crippen LogP contribution >= 0.6 is 11.8 Å². The highest BCUT2D eigenvalue weighted by molar-refractivity contribution is 7.98. The van der Waals surface area contributed by atoms with E-state index in [1.807, 2.05) is 6.07 Å². The Morgan fingerprint density at radius 1 is 0.750 bits per heavy atom. The molecule has 0 bridgehead atoms. The topological polar surface area (TPSA) is 66.4 Å². The summed E-state index contributed by atoms with van der Waals surface area (Å²) in [6, 6.07) is 14.9. The molecule has 0 radical (unpaired) electrons. The van der Waals surface area contributed by atoms with Crippen molar-refractivity contribution in [2.75, 3.05) is 12.9 Å². The molecule has 0 amide bonds. The number of hydrogen-bond donors (Lipinski definition) is 1. The molecule has 6 nitrogen and oxygen atoms in total. The molecule has 1 heterocycles. The van der Waals surface area contributed by atoms with Crippen LogP contribution in [0.15, 0.2) is 47.4 Å². The summed E-state index contributed by atoms with van der Waals surface area (Å²) in [5.41, 5.74) is 4.20. The summed E-state index contributed by atoms with van der Waals surface area (Å²) in [6.07, 6.45) is 0.561. The largest absolute Gasteiger partial charge is 0.415 e. The summed E-state index contributed by atoms with van der Waals surface area (Å²) < 4.78 is 34.1. The number of aryl methyl sites for hydroxylation is 1. The molecule has 11 heteroatoms. The first-order chi connectivity index (χ1) is 20.0. The molecule has 0 aromatic heterocycles. The molecule has 2 aromatic rings. The zero-order chi connectivity index (χ0) is 33.3. The zero-order valence-corrected chi connectivity index (χ0v) is 34.5. The number of benzene rings is 2. The molecule has 0 aliphatic carbocycles. The highest BCUT2D eigenvalue weighted by Crippen LogP contribution is 2.44. The minimum atomic E-state index is -2.21. The Hall–Kier alpha value is -0.582. The predicted molar refractivity (Wildman–Crippen MR) is 195 cm³/mol. The van der Waals surface area contributed by atoms with E-state index in [2.05, 4.69) is 128 Å².